The van der Waals surface area contributed by atoms with E-state index in [0.717, 1.165) is 43.8 Å². The van der Waals surface area contributed by atoms with Gasteiger partial charge in [-0.3, -0.25) is 4.90 Å². The summed E-state index contributed by atoms with van der Waals surface area (Å²) in [6, 6.07) is 8.40. The van der Waals surface area contributed by atoms with Crippen LogP contribution in [-0.2, 0) is 13.6 Å². The quantitative estimate of drug-likeness (QED) is 0.742. The molecule has 3 heterocycles. The molecule has 23 heavy (non-hydrogen) atoms. The molecule has 0 atom stereocenters. The fourth-order valence-electron chi connectivity index (χ4n) is 3.30. The van der Waals surface area contributed by atoms with Crippen molar-refractivity contribution >= 4 is 10.9 Å². The van der Waals surface area contributed by atoms with E-state index in [0.29, 0.717) is 6.10 Å². The Hall–Kier alpha value is -2.27. The van der Waals surface area contributed by atoms with Gasteiger partial charge in [-0.1, -0.05) is 11.2 Å². The van der Waals surface area contributed by atoms with Crippen LogP contribution in [0.15, 0.2) is 47.4 Å². The maximum atomic E-state index is 6.29. The monoisotopic (exact) mass is 311 g/mol. The average molecular weight is 311 g/mol. The first kappa shape index (κ1) is 14.3. The Kier molecular flexibility index (Phi) is 3.79. The van der Waals surface area contributed by atoms with Crippen molar-refractivity contribution < 1.29 is 9.26 Å². The highest BCUT2D eigenvalue weighted by Crippen LogP contribution is 2.28. The molecule has 0 saturated carbocycles. The summed E-state index contributed by atoms with van der Waals surface area (Å²) in [6.45, 7) is 2.99. The van der Waals surface area contributed by atoms with Gasteiger partial charge in [0.2, 0.25) is 0 Å². The molecule has 120 valence electrons. The van der Waals surface area contributed by atoms with Gasteiger partial charge in [-0.25, -0.2) is 0 Å². The largest absolute Gasteiger partial charge is 0.490 e. The highest BCUT2D eigenvalue weighted by atomic mass is 16.5. The second-order valence-electron chi connectivity index (χ2n) is 6.24. The van der Waals surface area contributed by atoms with E-state index in [1.165, 1.54) is 10.9 Å². The van der Waals surface area contributed by atoms with Gasteiger partial charge in [-0.15, -0.1) is 0 Å². The molecular weight excluding hydrogens is 290 g/mol. The van der Waals surface area contributed by atoms with E-state index in [1.807, 2.05) is 0 Å². The molecule has 5 heteroatoms. The van der Waals surface area contributed by atoms with Crippen molar-refractivity contribution in [2.24, 2.45) is 7.05 Å². The molecular formula is C18H21N3O2. The molecule has 0 bridgehead atoms. The topological polar surface area (TPSA) is 43.4 Å². The molecule has 1 saturated heterocycles. The van der Waals surface area contributed by atoms with Gasteiger partial charge < -0.3 is 13.8 Å². The molecule has 1 aromatic carbocycles. The summed E-state index contributed by atoms with van der Waals surface area (Å²) in [5.41, 5.74) is 2.35. The first-order chi connectivity index (χ1) is 11.3. The van der Waals surface area contributed by atoms with Crippen LogP contribution < -0.4 is 4.74 Å². The van der Waals surface area contributed by atoms with E-state index in [2.05, 4.69) is 52.1 Å². The van der Waals surface area contributed by atoms with E-state index in [1.54, 1.807) is 12.5 Å². The van der Waals surface area contributed by atoms with Crippen molar-refractivity contribution in [2.75, 3.05) is 13.1 Å². The SMILES string of the molecule is Cn1ccc2c(OC3CCN(Cc4cnoc4)CC3)cccc21. The summed E-state index contributed by atoms with van der Waals surface area (Å²) in [5.74, 6) is 1.00. The van der Waals surface area contributed by atoms with Crippen molar-refractivity contribution in [2.45, 2.75) is 25.5 Å². The zero-order chi connectivity index (χ0) is 15.6. The van der Waals surface area contributed by atoms with E-state index in [9.17, 15) is 0 Å². The third-order valence-electron chi connectivity index (χ3n) is 4.61. The Balaban J connectivity index is 1.39. The minimum absolute atomic E-state index is 0.291. The normalized spacial score (nSPS) is 16.9. The number of piperidine rings is 1. The van der Waals surface area contributed by atoms with Crippen LogP contribution in [0.1, 0.15) is 18.4 Å². The van der Waals surface area contributed by atoms with Crippen molar-refractivity contribution in [3.05, 3.63) is 48.5 Å². The van der Waals surface area contributed by atoms with Crippen LogP contribution in [0.25, 0.3) is 10.9 Å². The lowest BCUT2D eigenvalue weighted by atomic mass is 10.1. The molecule has 4 rings (SSSR count). The Morgan fingerprint density at radius 3 is 2.91 bits per heavy atom. The number of hydrogen-bond acceptors (Lipinski definition) is 4. The Bertz CT molecular complexity index is 771. The van der Waals surface area contributed by atoms with Gasteiger partial charge in [-0.05, 0) is 31.0 Å². The van der Waals surface area contributed by atoms with Crippen LogP contribution in [0.2, 0.25) is 0 Å². The van der Waals surface area contributed by atoms with Gasteiger partial charge in [0.1, 0.15) is 18.1 Å². The van der Waals surface area contributed by atoms with E-state index >= 15 is 0 Å². The van der Waals surface area contributed by atoms with E-state index in [4.69, 9.17) is 9.26 Å². The number of aromatic nitrogens is 2. The third kappa shape index (κ3) is 2.97. The standard InChI is InChI=1S/C18H21N3O2/c1-20-8-7-16-17(20)3-2-4-18(16)23-15-5-9-21(10-6-15)12-14-11-19-22-13-14/h2-4,7-8,11,13,15H,5-6,9-10,12H2,1H3. The van der Waals surface area contributed by atoms with Crippen LogP contribution in [0.5, 0.6) is 5.75 Å². The van der Waals surface area contributed by atoms with Gasteiger partial charge in [-0.2, -0.15) is 0 Å². The predicted octanol–water partition coefficient (Wildman–Crippen LogP) is 3.21. The number of rotatable bonds is 4. The lowest BCUT2D eigenvalue weighted by Crippen LogP contribution is -2.37. The van der Waals surface area contributed by atoms with Crippen LogP contribution in [0.3, 0.4) is 0 Å². The minimum Gasteiger partial charge on any atom is -0.490 e. The molecule has 0 spiro atoms. The number of benzene rings is 1. The maximum absolute atomic E-state index is 6.29. The first-order valence-electron chi connectivity index (χ1n) is 8.11. The first-order valence-corrected chi connectivity index (χ1v) is 8.11. The third-order valence-corrected chi connectivity index (χ3v) is 4.61. The summed E-state index contributed by atoms with van der Waals surface area (Å²) in [5, 5.41) is 4.96. The number of hydrogen-bond donors (Lipinski definition) is 0. The van der Waals surface area contributed by atoms with E-state index in [-0.39, 0.29) is 0 Å². The second-order valence-corrected chi connectivity index (χ2v) is 6.24. The zero-order valence-corrected chi connectivity index (χ0v) is 13.3. The van der Waals surface area contributed by atoms with E-state index < -0.39 is 0 Å². The Morgan fingerprint density at radius 2 is 2.13 bits per heavy atom. The average Bonchev–Trinajstić information content (AvgIpc) is 3.20. The van der Waals surface area contributed by atoms with Crippen molar-refractivity contribution in [3.8, 4) is 5.75 Å². The summed E-state index contributed by atoms with van der Waals surface area (Å²) < 4.78 is 13.3. The fraction of sp³-hybridized carbons (Fsp3) is 0.389. The molecule has 1 aliphatic rings. The van der Waals surface area contributed by atoms with Crippen LogP contribution in [0.4, 0.5) is 0 Å². The summed E-state index contributed by atoms with van der Waals surface area (Å²) in [6.07, 6.45) is 7.99. The molecule has 0 N–H and O–H groups in total. The number of nitrogens with zero attached hydrogens (tertiary/aromatic N) is 3. The number of ether oxygens (including phenoxy) is 1. The van der Waals surface area contributed by atoms with Gasteiger partial charge >= 0.3 is 0 Å². The highest BCUT2D eigenvalue weighted by Gasteiger charge is 2.21. The van der Waals surface area contributed by atoms with Gasteiger partial charge in [0.15, 0.2) is 0 Å². The fourth-order valence-corrected chi connectivity index (χ4v) is 3.30. The smallest absolute Gasteiger partial charge is 0.129 e. The lowest BCUT2D eigenvalue weighted by Gasteiger charge is -2.31. The second kappa shape index (κ2) is 6.08. The van der Waals surface area contributed by atoms with Crippen molar-refractivity contribution in [3.63, 3.8) is 0 Å². The van der Waals surface area contributed by atoms with Crippen LogP contribution >= 0.6 is 0 Å². The Morgan fingerprint density at radius 1 is 1.26 bits per heavy atom. The summed E-state index contributed by atoms with van der Waals surface area (Å²) in [7, 11) is 2.06. The molecule has 1 aliphatic heterocycles. The molecule has 0 aliphatic carbocycles. The number of aryl methyl sites for hydroxylation is 1. The lowest BCUT2D eigenvalue weighted by molar-refractivity contribution is 0.0979. The molecule has 0 amide bonds. The molecule has 3 aromatic rings. The predicted molar refractivity (Wildman–Crippen MR) is 88.3 cm³/mol. The molecule has 2 aromatic heterocycles. The maximum Gasteiger partial charge on any atom is 0.129 e. The molecule has 5 nitrogen and oxygen atoms in total. The minimum atomic E-state index is 0.291. The molecule has 0 radical (unpaired) electrons. The summed E-state index contributed by atoms with van der Waals surface area (Å²) in [4.78, 5) is 2.43. The van der Waals surface area contributed by atoms with Gasteiger partial charge in [0.25, 0.3) is 0 Å². The van der Waals surface area contributed by atoms with Crippen LogP contribution in [0, 0.1) is 0 Å². The molecule has 1 fully saturated rings. The number of fused-ring (bicyclic) bond motifs is 1. The van der Waals surface area contributed by atoms with Gasteiger partial charge in [0, 0.05) is 43.8 Å². The Labute approximate surface area is 135 Å². The molecule has 0 unspecified atom stereocenters. The number of likely N-dealkylation sites (tertiary alicyclic amines) is 1. The van der Waals surface area contributed by atoms with Crippen molar-refractivity contribution in [1.29, 1.82) is 0 Å². The summed E-state index contributed by atoms with van der Waals surface area (Å²) >= 11 is 0. The van der Waals surface area contributed by atoms with Crippen molar-refractivity contribution in [1.82, 2.24) is 14.6 Å². The zero-order valence-electron chi connectivity index (χ0n) is 13.3. The highest BCUT2D eigenvalue weighted by molar-refractivity contribution is 5.86. The van der Waals surface area contributed by atoms with Gasteiger partial charge in [0.05, 0.1) is 11.7 Å². The van der Waals surface area contributed by atoms with Crippen LogP contribution in [-0.4, -0.2) is 33.8 Å².